The number of carbonyl (C=O) groups excluding carboxylic acids is 1. The first kappa shape index (κ1) is 44.4. The summed E-state index contributed by atoms with van der Waals surface area (Å²) in [5.41, 5.74) is 0. The zero-order chi connectivity index (χ0) is 33.6. The van der Waals surface area contributed by atoms with E-state index in [-0.39, 0.29) is 12.5 Å². The monoisotopic (exact) mass is 644 g/mol. The summed E-state index contributed by atoms with van der Waals surface area (Å²) in [6.45, 7) is 4.26. The first-order valence-electron chi connectivity index (χ1n) is 19.9. The van der Waals surface area contributed by atoms with Crippen LogP contribution in [0.5, 0.6) is 0 Å². The normalized spacial score (nSPS) is 13.6. The average molecular weight is 644 g/mol. The van der Waals surface area contributed by atoms with Gasteiger partial charge in [-0.1, -0.05) is 165 Å². The number of allylic oxidation sites excluding steroid dienone is 7. The van der Waals surface area contributed by atoms with Crippen LogP contribution in [0.3, 0.4) is 0 Å². The van der Waals surface area contributed by atoms with Crippen LogP contribution in [0.25, 0.3) is 0 Å². The second kappa shape index (κ2) is 37.8. The Labute approximate surface area is 286 Å². The lowest BCUT2D eigenvalue weighted by Crippen LogP contribution is -2.45. The quantitative estimate of drug-likeness (QED) is 0.0475. The van der Waals surface area contributed by atoms with Gasteiger partial charge >= 0.3 is 0 Å². The zero-order valence-electron chi connectivity index (χ0n) is 30.6. The van der Waals surface area contributed by atoms with Crippen molar-refractivity contribution in [2.45, 2.75) is 206 Å². The largest absolute Gasteiger partial charge is 0.394 e. The van der Waals surface area contributed by atoms with Crippen molar-refractivity contribution in [3.63, 3.8) is 0 Å². The predicted molar refractivity (Wildman–Crippen MR) is 202 cm³/mol. The van der Waals surface area contributed by atoms with E-state index in [4.69, 9.17) is 0 Å². The number of unbranched alkanes of at least 4 members (excludes halogenated alkanes) is 22. The van der Waals surface area contributed by atoms with Gasteiger partial charge in [-0.25, -0.2) is 0 Å². The van der Waals surface area contributed by atoms with E-state index in [1.165, 1.54) is 122 Å². The number of amides is 1. The van der Waals surface area contributed by atoms with Gasteiger partial charge in [0.15, 0.2) is 0 Å². The average Bonchev–Trinajstić information content (AvgIpc) is 3.06. The standard InChI is InChI=1S/C42H77NO3/c1-3-5-7-9-11-13-15-17-18-19-20-21-22-23-24-26-27-29-31-33-35-37-41(45)40(39-44)43-42(46)38-36-34-32-30-28-25-16-14-12-10-8-6-4-2/h14,16,22-23,27,29,35,37,40-41,44-45H,3-13,15,17-21,24-26,28,30-34,36,38-39H2,1-2H3,(H,43,46)/b16-14-,23-22+,29-27+,37-35+. The highest BCUT2D eigenvalue weighted by molar-refractivity contribution is 5.76. The minimum absolute atomic E-state index is 0.0895. The van der Waals surface area contributed by atoms with Gasteiger partial charge in [0, 0.05) is 6.42 Å². The van der Waals surface area contributed by atoms with Crippen LogP contribution >= 0.6 is 0 Å². The molecule has 0 saturated carbocycles. The van der Waals surface area contributed by atoms with Gasteiger partial charge in [-0.3, -0.25) is 4.79 Å². The molecule has 0 aromatic heterocycles. The Kier molecular flexibility index (Phi) is 36.4. The highest BCUT2D eigenvalue weighted by Crippen LogP contribution is 2.13. The summed E-state index contributed by atoms with van der Waals surface area (Å²) >= 11 is 0. The van der Waals surface area contributed by atoms with Gasteiger partial charge in [-0.15, -0.1) is 0 Å². The number of hydrogen-bond donors (Lipinski definition) is 3. The van der Waals surface area contributed by atoms with Gasteiger partial charge < -0.3 is 15.5 Å². The lowest BCUT2D eigenvalue weighted by molar-refractivity contribution is -0.123. The SMILES string of the molecule is CCCCCC/C=C\CCCCCCCC(=O)NC(CO)C(O)/C=C/CC/C=C/CC/C=C/CCCCCCCCCCCCC. The molecule has 0 aliphatic carbocycles. The molecule has 0 saturated heterocycles. The lowest BCUT2D eigenvalue weighted by Gasteiger charge is -2.19. The van der Waals surface area contributed by atoms with Crippen molar-refractivity contribution in [3.8, 4) is 0 Å². The minimum Gasteiger partial charge on any atom is -0.394 e. The van der Waals surface area contributed by atoms with E-state index in [1.807, 2.05) is 6.08 Å². The van der Waals surface area contributed by atoms with E-state index in [2.05, 4.69) is 55.6 Å². The molecule has 0 aliphatic heterocycles. The van der Waals surface area contributed by atoms with Gasteiger partial charge in [0.25, 0.3) is 0 Å². The molecule has 0 aromatic rings. The summed E-state index contributed by atoms with van der Waals surface area (Å²) in [5, 5.41) is 22.9. The fourth-order valence-electron chi connectivity index (χ4n) is 5.67. The second-order valence-electron chi connectivity index (χ2n) is 13.3. The maximum Gasteiger partial charge on any atom is 0.220 e. The van der Waals surface area contributed by atoms with Crippen LogP contribution in [0.2, 0.25) is 0 Å². The molecule has 268 valence electrons. The maximum atomic E-state index is 12.3. The van der Waals surface area contributed by atoms with E-state index >= 15 is 0 Å². The summed E-state index contributed by atoms with van der Waals surface area (Å²) in [7, 11) is 0. The molecule has 0 spiro atoms. The molecule has 0 rings (SSSR count). The Bertz CT molecular complexity index is 741. The zero-order valence-corrected chi connectivity index (χ0v) is 30.6. The Morgan fingerprint density at radius 1 is 0.500 bits per heavy atom. The van der Waals surface area contributed by atoms with Crippen LogP contribution < -0.4 is 5.32 Å². The van der Waals surface area contributed by atoms with Crippen LogP contribution in [0.15, 0.2) is 48.6 Å². The van der Waals surface area contributed by atoms with Crippen LogP contribution in [-0.2, 0) is 4.79 Å². The number of aliphatic hydroxyl groups excluding tert-OH is 2. The third-order valence-electron chi connectivity index (χ3n) is 8.76. The van der Waals surface area contributed by atoms with Gasteiger partial charge in [-0.2, -0.15) is 0 Å². The Morgan fingerprint density at radius 2 is 0.848 bits per heavy atom. The summed E-state index contributed by atoms with van der Waals surface area (Å²) in [6.07, 6.45) is 50.6. The highest BCUT2D eigenvalue weighted by atomic mass is 16.3. The topological polar surface area (TPSA) is 69.6 Å². The number of rotatable bonds is 35. The highest BCUT2D eigenvalue weighted by Gasteiger charge is 2.17. The third kappa shape index (κ3) is 33.7. The van der Waals surface area contributed by atoms with E-state index in [1.54, 1.807) is 6.08 Å². The molecule has 0 heterocycles. The van der Waals surface area contributed by atoms with Crippen molar-refractivity contribution in [2.24, 2.45) is 0 Å². The van der Waals surface area contributed by atoms with Crippen molar-refractivity contribution in [1.82, 2.24) is 5.32 Å². The summed E-state index contributed by atoms with van der Waals surface area (Å²) in [4.78, 5) is 12.3. The van der Waals surface area contributed by atoms with E-state index in [9.17, 15) is 15.0 Å². The Hall–Kier alpha value is -1.65. The van der Waals surface area contributed by atoms with E-state index in [0.29, 0.717) is 6.42 Å². The molecule has 1 amide bonds. The first-order valence-corrected chi connectivity index (χ1v) is 19.9. The number of aliphatic hydroxyl groups is 2. The molecule has 46 heavy (non-hydrogen) atoms. The summed E-state index contributed by atoms with van der Waals surface area (Å²) in [6, 6.07) is -0.648. The van der Waals surface area contributed by atoms with Crippen LogP contribution in [0, 0.1) is 0 Å². The van der Waals surface area contributed by atoms with E-state index in [0.717, 1.165) is 51.4 Å². The molecule has 3 N–H and O–H groups in total. The molecule has 2 unspecified atom stereocenters. The molecule has 4 heteroatoms. The predicted octanol–water partition coefficient (Wildman–Crippen LogP) is 12.0. The molecule has 4 nitrogen and oxygen atoms in total. The second-order valence-corrected chi connectivity index (χ2v) is 13.3. The van der Waals surface area contributed by atoms with Gasteiger partial charge in [-0.05, 0) is 70.6 Å². The van der Waals surface area contributed by atoms with Gasteiger partial charge in [0.1, 0.15) is 0 Å². The van der Waals surface area contributed by atoms with Crippen molar-refractivity contribution in [3.05, 3.63) is 48.6 Å². The minimum atomic E-state index is -0.872. The number of carbonyl (C=O) groups is 1. The molecule has 0 fully saturated rings. The summed E-state index contributed by atoms with van der Waals surface area (Å²) in [5.74, 6) is -0.0895. The molecule has 0 radical (unpaired) electrons. The lowest BCUT2D eigenvalue weighted by atomic mass is 10.1. The molecular formula is C42H77NO3. The van der Waals surface area contributed by atoms with Crippen LogP contribution in [0.1, 0.15) is 194 Å². The Morgan fingerprint density at radius 3 is 1.28 bits per heavy atom. The van der Waals surface area contributed by atoms with Crippen molar-refractivity contribution < 1.29 is 15.0 Å². The summed E-state index contributed by atoms with van der Waals surface area (Å²) < 4.78 is 0. The fourth-order valence-corrected chi connectivity index (χ4v) is 5.67. The van der Waals surface area contributed by atoms with Crippen molar-refractivity contribution in [1.29, 1.82) is 0 Å². The number of nitrogens with one attached hydrogen (secondary N) is 1. The van der Waals surface area contributed by atoms with E-state index < -0.39 is 12.1 Å². The third-order valence-corrected chi connectivity index (χ3v) is 8.76. The molecule has 0 aromatic carbocycles. The first-order chi connectivity index (χ1) is 22.7. The number of hydrogen-bond acceptors (Lipinski definition) is 3. The Balaban J connectivity index is 3.69. The van der Waals surface area contributed by atoms with Crippen molar-refractivity contribution in [2.75, 3.05) is 6.61 Å². The van der Waals surface area contributed by atoms with Gasteiger partial charge in [0.05, 0.1) is 18.8 Å². The molecule has 0 aliphatic rings. The smallest absolute Gasteiger partial charge is 0.220 e. The van der Waals surface area contributed by atoms with Crippen LogP contribution in [-0.4, -0.2) is 34.9 Å². The molecular weight excluding hydrogens is 566 g/mol. The van der Waals surface area contributed by atoms with Gasteiger partial charge in [0.2, 0.25) is 5.91 Å². The van der Waals surface area contributed by atoms with Crippen LogP contribution in [0.4, 0.5) is 0 Å². The molecule has 0 bridgehead atoms. The van der Waals surface area contributed by atoms with Crippen molar-refractivity contribution >= 4 is 5.91 Å². The maximum absolute atomic E-state index is 12.3. The molecule has 2 atom stereocenters. The fraction of sp³-hybridized carbons (Fsp3) is 0.786.